The number of primary amides is 1. The summed E-state index contributed by atoms with van der Waals surface area (Å²) in [6.07, 6.45) is 3.03. The fraction of sp³-hybridized carbons (Fsp3) is 0.556. The van der Waals surface area contributed by atoms with Gasteiger partial charge in [-0.15, -0.1) is 0 Å². The Hall–Kier alpha value is -1.32. The number of fused-ring (bicyclic) bond motifs is 1. The van der Waals surface area contributed by atoms with Gasteiger partial charge in [0.25, 0.3) is 5.91 Å². The Morgan fingerprint density at radius 3 is 3.15 bits per heavy atom. The normalized spacial score (nSPS) is 21.2. The van der Waals surface area contributed by atoms with Crippen molar-refractivity contribution in [2.75, 3.05) is 0 Å². The molecule has 2 rings (SSSR count). The quantitative estimate of drug-likeness (QED) is 0.663. The molecule has 1 aliphatic rings. The van der Waals surface area contributed by atoms with Gasteiger partial charge in [0.05, 0.1) is 5.69 Å². The van der Waals surface area contributed by atoms with Crippen LogP contribution in [0.25, 0.3) is 0 Å². The Morgan fingerprint density at radius 2 is 2.46 bits per heavy atom. The molecule has 3 N–H and O–H groups in total. The number of rotatable bonds is 1. The minimum Gasteiger partial charge on any atom is -0.364 e. The van der Waals surface area contributed by atoms with Gasteiger partial charge in [0, 0.05) is 5.56 Å². The lowest BCUT2D eigenvalue weighted by Crippen LogP contribution is -2.17. The fourth-order valence-corrected chi connectivity index (χ4v) is 1.87. The number of carbonyl (C=O) groups excluding carboxylic acids is 1. The number of hydrogen-bond donors (Lipinski definition) is 2. The van der Waals surface area contributed by atoms with E-state index in [2.05, 4.69) is 17.1 Å². The maximum Gasteiger partial charge on any atom is 0.267 e. The Bertz CT molecular complexity index is 343. The van der Waals surface area contributed by atoms with Gasteiger partial charge in [0.1, 0.15) is 5.69 Å². The molecule has 0 spiro atoms. The summed E-state index contributed by atoms with van der Waals surface area (Å²) in [5, 5.41) is 6.80. The predicted octanol–water partition coefficient (Wildman–Crippen LogP) is 0.633. The first-order valence-corrected chi connectivity index (χ1v) is 4.54. The Balaban J connectivity index is 2.41. The van der Waals surface area contributed by atoms with Crippen LogP contribution in [0, 0.1) is 5.92 Å². The topological polar surface area (TPSA) is 71.8 Å². The van der Waals surface area contributed by atoms with E-state index in [1.165, 1.54) is 0 Å². The molecule has 4 nitrogen and oxygen atoms in total. The van der Waals surface area contributed by atoms with E-state index in [1.807, 2.05) is 0 Å². The van der Waals surface area contributed by atoms with Gasteiger partial charge < -0.3 is 5.73 Å². The van der Waals surface area contributed by atoms with Crippen LogP contribution in [0.1, 0.15) is 35.1 Å². The van der Waals surface area contributed by atoms with Gasteiger partial charge >= 0.3 is 0 Å². The number of hydrogen-bond acceptors (Lipinski definition) is 2. The van der Waals surface area contributed by atoms with Crippen LogP contribution in [0.2, 0.25) is 0 Å². The van der Waals surface area contributed by atoms with E-state index in [0.717, 1.165) is 30.5 Å². The summed E-state index contributed by atoms with van der Waals surface area (Å²) >= 11 is 0. The zero-order valence-corrected chi connectivity index (χ0v) is 7.63. The molecule has 1 aliphatic carbocycles. The minimum atomic E-state index is -0.400. The van der Waals surface area contributed by atoms with Gasteiger partial charge in [-0.25, -0.2) is 0 Å². The van der Waals surface area contributed by atoms with Crippen molar-refractivity contribution in [3.8, 4) is 0 Å². The van der Waals surface area contributed by atoms with Gasteiger partial charge in [-0.2, -0.15) is 5.10 Å². The summed E-state index contributed by atoms with van der Waals surface area (Å²) in [5.74, 6) is 0.228. The van der Waals surface area contributed by atoms with E-state index in [1.54, 1.807) is 0 Å². The highest BCUT2D eigenvalue weighted by molar-refractivity contribution is 5.92. The average molecular weight is 179 g/mol. The zero-order valence-electron chi connectivity index (χ0n) is 7.63. The standard InChI is InChI=1S/C9H13N3O/c1-5-2-3-7-6(4-5)8(9(10)13)12-11-7/h5H,2-4H2,1H3,(H2,10,13)(H,11,12). The summed E-state index contributed by atoms with van der Waals surface area (Å²) in [4.78, 5) is 11.0. The molecule has 0 saturated carbocycles. The third-order valence-electron chi connectivity index (χ3n) is 2.63. The second-order valence-corrected chi connectivity index (χ2v) is 3.74. The Labute approximate surface area is 76.5 Å². The lowest BCUT2D eigenvalue weighted by Gasteiger charge is -2.16. The van der Waals surface area contributed by atoms with Gasteiger partial charge in [-0.1, -0.05) is 6.92 Å². The lowest BCUT2D eigenvalue weighted by molar-refractivity contribution is 0.0994. The molecule has 1 heterocycles. The summed E-state index contributed by atoms with van der Waals surface area (Å²) < 4.78 is 0. The molecule has 1 aromatic heterocycles. The summed E-state index contributed by atoms with van der Waals surface area (Å²) in [7, 11) is 0. The second kappa shape index (κ2) is 2.87. The molecule has 4 heteroatoms. The summed E-state index contributed by atoms with van der Waals surface area (Å²) in [6, 6.07) is 0. The lowest BCUT2D eigenvalue weighted by atomic mass is 9.88. The molecule has 0 fully saturated rings. The first-order valence-electron chi connectivity index (χ1n) is 4.54. The Kier molecular flexibility index (Phi) is 1.83. The van der Waals surface area contributed by atoms with E-state index in [4.69, 9.17) is 5.73 Å². The number of amides is 1. The number of nitrogens with two attached hydrogens (primary N) is 1. The van der Waals surface area contributed by atoms with Crippen LogP contribution < -0.4 is 5.73 Å². The van der Waals surface area contributed by atoms with Crippen molar-refractivity contribution in [1.82, 2.24) is 10.2 Å². The molecule has 0 bridgehead atoms. The van der Waals surface area contributed by atoms with Crippen molar-refractivity contribution in [2.45, 2.75) is 26.2 Å². The third kappa shape index (κ3) is 1.32. The molecular formula is C9H13N3O. The highest BCUT2D eigenvalue weighted by Gasteiger charge is 2.23. The fourth-order valence-electron chi connectivity index (χ4n) is 1.87. The zero-order chi connectivity index (χ0) is 9.42. The van der Waals surface area contributed by atoms with Gasteiger partial charge in [0.15, 0.2) is 0 Å². The SMILES string of the molecule is CC1CCc2n[nH]c(C(N)=O)c2C1. The highest BCUT2D eigenvalue weighted by atomic mass is 16.1. The highest BCUT2D eigenvalue weighted by Crippen LogP contribution is 2.25. The maximum atomic E-state index is 11.0. The van der Waals surface area contributed by atoms with Gasteiger partial charge in [-0.05, 0) is 25.2 Å². The number of nitrogens with zero attached hydrogens (tertiary/aromatic N) is 1. The number of carbonyl (C=O) groups is 1. The van der Waals surface area contributed by atoms with Gasteiger partial charge in [0.2, 0.25) is 0 Å². The molecule has 13 heavy (non-hydrogen) atoms. The van der Waals surface area contributed by atoms with Crippen molar-refractivity contribution in [3.63, 3.8) is 0 Å². The number of aromatic amines is 1. The molecular weight excluding hydrogens is 166 g/mol. The average Bonchev–Trinajstić information content (AvgIpc) is 2.46. The molecule has 1 atom stereocenters. The van der Waals surface area contributed by atoms with Crippen molar-refractivity contribution in [3.05, 3.63) is 17.0 Å². The van der Waals surface area contributed by atoms with Crippen molar-refractivity contribution < 1.29 is 4.79 Å². The summed E-state index contributed by atoms with van der Waals surface area (Å²) in [6.45, 7) is 2.18. The molecule has 0 radical (unpaired) electrons. The maximum absolute atomic E-state index is 11.0. The van der Waals surface area contributed by atoms with E-state index in [0.29, 0.717) is 11.6 Å². The largest absolute Gasteiger partial charge is 0.364 e. The molecule has 70 valence electrons. The molecule has 0 aromatic carbocycles. The van der Waals surface area contributed by atoms with E-state index < -0.39 is 5.91 Å². The molecule has 1 aromatic rings. The smallest absolute Gasteiger partial charge is 0.267 e. The van der Waals surface area contributed by atoms with Crippen LogP contribution in [0.4, 0.5) is 0 Å². The van der Waals surface area contributed by atoms with Crippen LogP contribution in [-0.4, -0.2) is 16.1 Å². The third-order valence-corrected chi connectivity index (χ3v) is 2.63. The van der Waals surface area contributed by atoms with Crippen LogP contribution in [0.5, 0.6) is 0 Å². The van der Waals surface area contributed by atoms with E-state index >= 15 is 0 Å². The van der Waals surface area contributed by atoms with Crippen LogP contribution in [0.3, 0.4) is 0 Å². The molecule has 0 saturated heterocycles. The minimum absolute atomic E-state index is 0.400. The Morgan fingerprint density at radius 1 is 1.69 bits per heavy atom. The van der Waals surface area contributed by atoms with Gasteiger partial charge in [-0.3, -0.25) is 9.89 Å². The second-order valence-electron chi connectivity index (χ2n) is 3.74. The first kappa shape index (κ1) is 8.29. The predicted molar refractivity (Wildman–Crippen MR) is 48.3 cm³/mol. The number of aryl methyl sites for hydroxylation is 1. The monoisotopic (exact) mass is 179 g/mol. The van der Waals surface area contributed by atoms with E-state index in [9.17, 15) is 4.79 Å². The summed E-state index contributed by atoms with van der Waals surface area (Å²) in [5.41, 5.74) is 7.77. The van der Waals surface area contributed by atoms with Crippen molar-refractivity contribution >= 4 is 5.91 Å². The molecule has 0 aliphatic heterocycles. The van der Waals surface area contributed by atoms with Crippen LogP contribution in [-0.2, 0) is 12.8 Å². The van der Waals surface area contributed by atoms with Crippen LogP contribution in [0.15, 0.2) is 0 Å². The number of aromatic nitrogens is 2. The molecule has 1 amide bonds. The van der Waals surface area contributed by atoms with Crippen molar-refractivity contribution in [2.24, 2.45) is 11.7 Å². The van der Waals surface area contributed by atoms with E-state index in [-0.39, 0.29) is 0 Å². The number of H-pyrrole nitrogens is 1. The van der Waals surface area contributed by atoms with Crippen LogP contribution >= 0.6 is 0 Å². The first-order chi connectivity index (χ1) is 6.18. The van der Waals surface area contributed by atoms with Crippen molar-refractivity contribution in [1.29, 1.82) is 0 Å². The number of nitrogens with one attached hydrogen (secondary N) is 1. The molecule has 1 unspecified atom stereocenters.